The molecule has 3 aliphatic heterocycles. The lowest BCUT2D eigenvalue weighted by molar-refractivity contribution is -0.344. The van der Waals surface area contributed by atoms with E-state index < -0.39 is 55.3 Å². The van der Waals surface area contributed by atoms with E-state index in [4.69, 9.17) is 18.9 Å². The third-order valence-electron chi connectivity index (χ3n) is 5.59. The van der Waals surface area contributed by atoms with Crippen LogP contribution in [0.2, 0.25) is 0 Å². The van der Waals surface area contributed by atoms with Crippen molar-refractivity contribution in [2.24, 2.45) is 11.8 Å². The van der Waals surface area contributed by atoms with Gasteiger partial charge < -0.3 is 44.5 Å². The second-order valence-corrected chi connectivity index (χ2v) is 6.98. The van der Waals surface area contributed by atoms with E-state index in [-0.39, 0.29) is 17.9 Å². The molecule has 9 heteroatoms. The molecule has 1 saturated carbocycles. The predicted molar refractivity (Wildman–Crippen MR) is 75.1 cm³/mol. The highest BCUT2D eigenvalue weighted by Crippen LogP contribution is 2.59. The topological polar surface area (TPSA) is 141 Å². The van der Waals surface area contributed by atoms with Gasteiger partial charge in [0, 0.05) is 5.92 Å². The van der Waals surface area contributed by atoms with E-state index in [1.165, 1.54) is 6.26 Å². The first-order valence-corrected chi connectivity index (χ1v) is 8.02. The number of hydrogen-bond donors (Lipinski definition) is 5. The molecule has 4 rings (SSSR count). The van der Waals surface area contributed by atoms with Crippen LogP contribution >= 0.6 is 0 Å². The van der Waals surface area contributed by atoms with Crippen LogP contribution in [0.1, 0.15) is 6.92 Å². The number of hydrogen-bond acceptors (Lipinski definition) is 9. The normalized spacial score (nSPS) is 58.8. The molecular formula is C15H22O9. The third-order valence-corrected chi connectivity index (χ3v) is 5.59. The summed E-state index contributed by atoms with van der Waals surface area (Å²) in [6.07, 6.45) is -5.48. The Balaban J connectivity index is 1.51. The van der Waals surface area contributed by atoms with Gasteiger partial charge in [-0.2, -0.15) is 0 Å². The molecule has 0 aromatic carbocycles. The van der Waals surface area contributed by atoms with Crippen LogP contribution in [-0.2, 0) is 18.9 Å². The van der Waals surface area contributed by atoms with Crippen LogP contribution < -0.4 is 0 Å². The number of epoxide rings is 1. The Hall–Kier alpha value is -0.780. The summed E-state index contributed by atoms with van der Waals surface area (Å²) in [5.41, 5.74) is -0.590. The molecular weight excluding hydrogens is 324 g/mol. The molecule has 0 amide bonds. The molecule has 0 spiro atoms. The Kier molecular flexibility index (Phi) is 3.90. The fourth-order valence-corrected chi connectivity index (χ4v) is 4.13. The fourth-order valence-electron chi connectivity index (χ4n) is 4.13. The van der Waals surface area contributed by atoms with Crippen molar-refractivity contribution in [3.8, 4) is 0 Å². The van der Waals surface area contributed by atoms with E-state index in [2.05, 4.69) is 0 Å². The highest BCUT2D eigenvalue weighted by Gasteiger charge is 2.73. The molecule has 3 heterocycles. The molecule has 0 unspecified atom stereocenters. The van der Waals surface area contributed by atoms with E-state index in [9.17, 15) is 25.5 Å². The van der Waals surface area contributed by atoms with Crippen molar-refractivity contribution >= 4 is 0 Å². The van der Waals surface area contributed by atoms with Gasteiger partial charge in [0.15, 0.2) is 6.29 Å². The van der Waals surface area contributed by atoms with Gasteiger partial charge in [-0.1, -0.05) is 0 Å². The maximum Gasteiger partial charge on any atom is 0.208 e. The molecule has 0 radical (unpaired) electrons. The Morgan fingerprint density at radius 1 is 1.04 bits per heavy atom. The van der Waals surface area contributed by atoms with Gasteiger partial charge in [-0.05, 0) is 13.0 Å². The van der Waals surface area contributed by atoms with Gasteiger partial charge in [0.05, 0.1) is 24.9 Å². The summed E-state index contributed by atoms with van der Waals surface area (Å²) >= 11 is 0. The summed E-state index contributed by atoms with van der Waals surface area (Å²) in [5.74, 6) is -0.521. The first-order valence-electron chi connectivity index (χ1n) is 8.02. The van der Waals surface area contributed by atoms with Crippen LogP contribution in [0.25, 0.3) is 0 Å². The average molecular weight is 346 g/mol. The predicted octanol–water partition coefficient (Wildman–Crippen LogP) is -2.56. The van der Waals surface area contributed by atoms with E-state index in [0.29, 0.717) is 0 Å². The van der Waals surface area contributed by atoms with Crippen molar-refractivity contribution in [1.82, 2.24) is 0 Å². The van der Waals surface area contributed by atoms with Gasteiger partial charge in [0.25, 0.3) is 0 Å². The Bertz CT molecular complexity index is 525. The van der Waals surface area contributed by atoms with Crippen molar-refractivity contribution in [3.05, 3.63) is 12.3 Å². The zero-order valence-electron chi connectivity index (χ0n) is 13.0. The van der Waals surface area contributed by atoms with Crippen molar-refractivity contribution in [2.45, 2.75) is 61.7 Å². The zero-order chi connectivity index (χ0) is 17.2. The molecule has 2 saturated heterocycles. The summed E-state index contributed by atoms with van der Waals surface area (Å²) in [4.78, 5) is 0. The molecule has 11 atom stereocenters. The molecule has 3 fully saturated rings. The average Bonchev–Trinajstić information content (AvgIpc) is 3.21. The van der Waals surface area contributed by atoms with Gasteiger partial charge in [0.1, 0.15) is 36.1 Å². The molecule has 1 aliphatic carbocycles. The molecule has 4 aliphatic rings. The quantitative estimate of drug-likeness (QED) is 0.349. The maximum absolute atomic E-state index is 10.3. The van der Waals surface area contributed by atoms with E-state index in [0.717, 1.165) is 0 Å². The molecule has 24 heavy (non-hydrogen) atoms. The molecule has 0 bridgehead atoms. The van der Waals surface area contributed by atoms with Crippen LogP contribution in [0.15, 0.2) is 12.3 Å². The van der Waals surface area contributed by atoms with Crippen LogP contribution in [0.4, 0.5) is 0 Å². The van der Waals surface area contributed by atoms with Crippen LogP contribution in [0, 0.1) is 11.8 Å². The van der Waals surface area contributed by atoms with E-state index in [1.54, 1.807) is 6.08 Å². The lowest BCUT2D eigenvalue weighted by Gasteiger charge is -2.43. The van der Waals surface area contributed by atoms with Gasteiger partial charge >= 0.3 is 0 Å². The third kappa shape index (κ3) is 2.24. The first-order chi connectivity index (χ1) is 11.4. The first kappa shape index (κ1) is 16.7. The van der Waals surface area contributed by atoms with Gasteiger partial charge in [-0.15, -0.1) is 0 Å². The largest absolute Gasteiger partial charge is 0.472 e. The Labute approximate surface area is 138 Å². The number of ether oxygens (including phenoxy) is 4. The minimum atomic E-state index is -1.52. The zero-order valence-corrected chi connectivity index (χ0v) is 13.0. The number of aliphatic hydroxyl groups excluding tert-OH is 5. The maximum atomic E-state index is 10.3. The monoisotopic (exact) mass is 346 g/mol. The second-order valence-electron chi connectivity index (χ2n) is 6.98. The Morgan fingerprint density at radius 3 is 2.50 bits per heavy atom. The number of rotatable bonds is 3. The molecule has 0 aromatic heterocycles. The van der Waals surface area contributed by atoms with Gasteiger partial charge in [-0.3, -0.25) is 0 Å². The summed E-state index contributed by atoms with van der Waals surface area (Å²) in [6, 6.07) is 0. The van der Waals surface area contributed by atoms with Crippen LogP contribution in [0.5, 0.6) is 0 Å². The Morgan fingerprint density at radius 2 is 1.79 bits per heavy atom. The summed E-state index contributed by atoms with van der Waals surface area (Å²) in [6.45, 7) is 1.32. The summed E-state index contributed by atoms with van der Waals surface area (Å²) in [5, 5.41) is 49.2. The van der Waals surface area contributed by atoms with Crippen molar-refractivity contribution in [3.63, 3.8) is 0 Å². The van der Waals surface area contributed by atoms with Crippen molar-refractivity contribution in [2.75, 3.05) is 6.61 Å². The molecule has 136 valence electrons. The number of aliphatic hydroxyl groups is 5. The standard InChI is InChI=1S/C15H22O9/c1-15-7-5(8(17)12(15)24-15)2-3-21-13(7)23-14-11(20)10(19)9(18)6(4-16)22-14/h2-3,5-14,16-20H,4H2,1H3/t5-,6-,7-,8+,9-,10+,11-,12+,13+,14+,15-/m1/s1. The van der Waals surface area contributed by atoms with E-state index >= 15 is 0 Å². The van der Waals surface area contributed by atoms with Crippen LogP contribution in [-0.4, -0.2) is 86.9 Å². The molecule has 9 nitrogen and oxygen atoms in total. The lowest BCUT2D eigenvalue weighted by atomic mass is 9.86. The van der Waals surface area contributed by atoms with Gasteiger partial charge in [0.2, 0.25) is 6.29 Å². The second kappa shape index (κ2) is 5.61. The summed E-state index contributed by atoms with van der Waals surface area (Å²) in [7, 11) is 0. The van der Waals surface area contributed by atoms with E-state index in [1.807, 2.05) is 6.92 Å². The lowest BCUT2D eigenvalue weighted by Crippen LogP contribution is -2.60. The van der Waals surface area contributed by atoms with Crippen molar-refractivity contribution < 1.29 is 44.5 Å². The summed E-state index contributed by atoms with van der Waals surface area (Å²) < 4.78 is 22.1. The SMILES string of the molecule is C[C@]12O[C@H]1[C@@H](O)[C@@H]1C=CO[C@@H](O[C@@H]3O[C@H](CO)[C@@H](O)[C@H](O)[C@H]3O)[C@@H]12. The minimum absolute atomic E-state index is 0.211. The van der Waals surface area contributed by atoms with Crippen LogP contribution in [0.3, 0.4) is 0 Å². The molecule has 5 N–H and O–H groups in total. The fraction of sp³-hybridized carbons (Fsp3) is 0.867. The highest BCUT2D eigenvalue weighted by atomic mass is 16.8. The van der Waals surface area contributed by atoms with Gasteiger partial charge in [-0.25, -0.2) is 0 Å². The minimum Gasteiger partial charge on any atom is -0.472 e. The highest BCUT2D eigenvalue weighted by molar-refractivity contribution is 5.23. The van der Waals surface area contributed by atoms with Crippen molar-refractivity contribution in [1.29, 1.82) is 0 Å². The number of fused-ring (bicyclic) bond motifs is 3. The molecule has 0 aromatic rings. The smallest absolute Gasteiger partial charge is 0.208 e.